The van der Waals surface area contributed by atoms with Gasteiger partial charge >= 0.3 is 5.97 Å². The summed E-state index contributed by atoms with van der Waals surface area (Å²) in [5, 5.41) is 3.61. The molecule has 248 valence electrons. The van der Waals surface area contributed by atoms with Crippen molar-refractivity contribution < 1.29 is 23.5 Å². The fourth-order valence-electron chi connectivity index (χ4n) is 6.32. The number of furan rings is 1. The van der Waals surface area contributed by atoms with Gasteiger partial charge in [-0.3, -0.25) is 4.79 Å². The minimum atomic E-state index is -0.723. The number of thioether (sulfide) groups is 1. The number of methoxy groups -OCH3 is 1. The SMILES string of the molecule is COC(=O)[C@H](CCSC)NC(=O)c1ccc(COC(CC2CCCCC2)c2ccc(-c3ccc(Cl)cc3)o2)cc1-c1ccccc1C. The van der Waals surface area contributed by atoms with Crippen molar-refractivity contribution in [2.24, 2.45) is 5.92 Å². The van der Waals surface area contributed by atoms with Gasteiger partial charge in [-0.1, -0.05) is 74.0 Å². The van der Waals surface area contributed by atoms with Crippen LogP contribution < -0.4 is 5.32 Å². The molecule has 1 aliphatic rings. The van der Waals surface area contributed by atoms with Crippen LogP contribution >= 0.6 is 23.4 Å². The maximum Gasteiger partial charge on any atom is 0.328 e. The summed E-state index contributed by atoms with van der Waals surface area (Å²) in [5.74, 6) is 2.15. The van der Waals surface area contributed by atoms with Crippen molar-refractivity contribution in [1.29, 1.82) is 0 Å². The number of halogens is 1. The Kier molecular flexibility index (Phi) is 12.6. The first-order chi connectivity index (χ1) is 22.9. The van der Waals surface area contributed by atoms with Gasteiger partial charge in [-0.05, 0) is 108 Å². The van der Waals surface area contributed by atoms with Crippen molar-refractivity contribution in [3.8, 4) is 22.5 Å². The van der Waals surface area contributed by atoms with E-state index in [1.165, 1.54) is 39.2 Å². The molecule has 2 atom stereocenters. The van der Waals surface area contributed by atoms with Gasteiger partial charge in [0.2, 0.25) is 0 Å². The van der Waals surface area contributed by atoms with Crippen LogP contribution in [0.2, 0.25) is 5.02 Å². The lowest BCUT2D eigenvalue weighted by Crippen LogP contribution is -2.42. The number of esters is 1. The number of hydrogen-bond acceptors (Lipinski definition) is 6. The van der Waals surface area contributed by atoms with E-state index in [4.69, 9.17) is 25.5 Å². The van der Waals surface area contributed by atoms with Crippen molar-refractivity contribution in [1.82, 2.24) is 5.32 Å². The van der Waals surface area contributed by atoms with Crippen LogP contribution in [0.25, 0.3) is 22.5 Å². The lowest BCUT2D eigenvalue weighted by atomic mass is 9.85. The third-order valence-electron chi connectivity index (χ3n) is 8.96. The number of carbonyl (C=O) groups is 2. The van der Waals surface area contributed by atoms with Gasteiger partial charge in [0.25, 0.3) is 5.91 Å². The zero-order valence-electron chi connectivity index (χ0n) is 27.4. The molecule has 0 spiro atoms. The number of carbonyl (C=O) groups excluding carboxylic acids is 2. The van der Waals surface area contributed by atoms with E-state index in [-0.39, 0.29) is 12.0 Å². The van der Waals surface area contributed by atoms with Crippen LogP contribution in [0.3, 0.4) is 0 Å². The van der Waals surface area contributed by atoms with E-state index < -0.39 is 12.0 Å². The predicted octanol–water partition coefficient (Wildman–Crippen LogP) is 9.83. The van der Waals surface area contributed by atoms with E-state index in [1.807, 2.05) is 92.0 Å². The van der Waals surface area contributed by atoms with Crippen LogP contribution in [0.5, 0.6) is 0 Å². The summed E-state index contributed by atoms with van der Waals surface area (Å²) < 4.78 is 18.1. The largest absolute Gasteiger partial charge is 0.467 e. The zero-order chi connectivity index (χ0) is 33.2. The van der Waals surface area contributed by atoms with Crippen LogP contribution in [-0.4, -0.2) is 37.0 Å². The smallest absolute Gasteiger partial charge is 0.328 e. The first-order valence-corrected chi connectivity index (χ1v) is 18.2. The third-order valence-corrected chi connectivity index (χ3v) is 9.86. The molecule has 0 aliphatic heterocycles. The quantitative estimate of drug-likeness (QED) is 0.134. The lowest BCUT2D eigenvalue weighted by molar-refractivity contribution is -0.142. The molecular weight excluding hydrogens is 630 g/mol. The molecule has 5 rings (SSSR count). The molecule has 4 aromatic rings. The summed E-state index contributed by atoms with van der Waals surface area (Å²) in [6.07, 6.45) is 9.35. The molecule has 1 N–H and O–H groups in total. The molecule has 1 aliphatic carbocycles. The van der Waals surface area contributed by atoms with Gasteiger partial charge in [0.1, 0.15) is 23.7 Å². The van der Waals surface area contributed by atoms with Gasteiger partial charge < -0.3 is 19.2 Å². The average Bonchev–Trinajstić information content (AvgIpc) is 3.59. The summed E-state index contributed by atoms with van der Waals surface area (Å²) in [6.45, 7) is 2.39. The highest BCUT2D eigenvalue weighted by Crippen LogP contribution is 2.37. The van der Waals surface area contributed by atoms with Gasteiger partial charge in [0, 0.05) is 16.1 Å². The molecule has 0 saturated heterocycles. The van der Waals surface area contributed by atoms with Crippen LogP contribution in [0, 0.1) is 12.8 Å². The molecular formula is C39H44ClNO5S. The number of hydrogen-bond donors (Lipinski definition) is 1. The molecule has 8 heteroatoms. The number of rotatable bonds is 14. The molecule has 47 heavy (non-hydrogen) atoms. The molecule has 3 aromatic carbocycles. The highest BCUT2D eigenvalue weighted by molar-refractivity contribution is 7.98. The number of amides is 1. The lowest BCUT2D eigenvalue weighted by Gasteiger charge is -2.26. The Bertz CT molecular complexity index is 1630. The van der Waals surface area contributed by atoms with Crippen LogP contribution in [0.4, 0.5) is 0 Å². The predicted molar refractivity (Wildman–Crippen MR) is 191 cm³/mol. The Morgan fingerprint density at radius 2 is 1.74 bits per heavy atom. The molecule has 1 heterocycles. The first-order valence-electron chi connectivity index (χ1n) is 16.4. The molecule has 1 aromatic heterocycles. The maximum absolute atomic E-state index is 13.7. The molecule has 0 radical (unpaired) electrons. The van der Waals surface area contributed by atoms with Crippen molar-refractivity contribution in [3.05, 3.63) is 106 Å². The van der Waals surface area contributed by atoms with Crippen LogP contribution in [0.15, 0.2) is 83.3 Å². The summed E-state index contributed by atoms with van der Waals surface area (Å²) in [5.41, 5.74) is 5.21. The number of benzene rings is 3. The highest BCUT2D eigenvalue weighted by Gasteiger charge is 2.26. The normalized spacial score (nSPS) is 14.8. The standard InChI is InChI=1S/C39H44ClNO5S/c1-26-9-7-8-12-31(26)33-23-28(13-18-32(33)38(42)41-34(21-22-47-3)39(43)44-2)25-45-37(24-27-10-5-4-6-11-27)36-20-19-35(46-36)29-14-16-30(40)17-15-29/h7-9,12-20,23,27,34,37H,4-6,10-11,21-22,24-25H2,1-3H3,(H,41,42)/t34-,37?/m0/s1. The van der Waals surface area contributed by atoms with E-state index in [2.05, 4.69) is 5.32 Å². The van der Waals surface area contributed by atoms with Crippen LogP contribution in [0.1, 0.15) is 78.3 Å². The summed E-state index contributed by atoms with van der Waals surface area (Å²) in [4.78, 5) is 26.2. The van der Waals surface area contributed by atoms with Gasteiger partial charge in [0.15, 0.2) is 0 Å². The second kappa shape index (κ2) is 17.0. The molecule has 0 bridgehead atoms. The highest BCUT2D eigenvalue weighted by atomic mass is 35.5. The number of nitrogens with one attached hydrogen (secondary N) is 1. The monoisotopic (exact) mass is 673 g/mol. The first kappa shape index (κ1) is 34.8. The van der Waals surface area contributed by atoms with Gasteiger partial charge in [0.05, 0.1) is 13.7 Å². The summed E-state index contributed by atoms with van der Waals surface area (Å²) in [6, 6.07) is 24.8. The molecule has 1 fully saturated rings. The minimum absolute atomic E-state index is 0.207. The van der Waals surface area contributed by atoms with E-state index in [1.54, 1.807) is 11.8 Å². The molecule has 1 amide bonds. The summed E-state index contributed by atoms with van der Waals surface area (Å²) in [7, 11) is 1.34. The fraction of sp³-hybridized carbons (Fsp3) is 0.385. The molecule has 1 saturated carbocycles. The molecule has 6 nitrogen and oxygen atoms in total. The molecule has 1 unspecified atom stereocenters. The topological polar surface area (TPSA) is 77.8 Å². The van der Waals surface area contributed by atoms with E-state index in [0.29, 0.717) is 29.5 Å². The Balaban J connectivity index is 1.41. The van der Waals surface area contributed by atoms with E-state index in [9.17, 15) is 9.59 Å². The Morgan fingerprint density at radius 1 is 0.979 bits per heavy atom. The number of ether oxygens (including phenoxy) is 2. The maximum atomic E-state index is 13.7. The van der Waals surface area contributed by atoms with Crippen molar-refractivity contribution in [2.75, 3.05) is 19.1 Å². The van der Waals surface area contributed by atoms with Crippen LogP contribution in [-0.2, 0) is 20.9 Å². The Morgan fingerprint density at radius 3 is 2.47 bits per heavy atom. The zero-order valence-corrected chi connectivity index (χ0v) is 29.0. The van der Waals surface area contributed by atoms with Crippen molar-refractivity contribution in [2.45, 2.75) is 70.6 Å². The minimum Gasteiger partial charge on any atom is -0.467 e. The van der Waals surface area contributed by atoms with Gasteiger partial charge in [-0.15, -0.1) is 0 Å². The second-order valence-electron chi connectivity index (χ2n) is 12.3. The van der Waals surface area contributed by atoms with Crippen molar-refractivity contribution in [3.63, 3.8) is 0 Å². The summed E-state index contributed by atoms with van der Waals surface area (Å²) >= 11 is 7.73. The fourth-order valence-corrected chi connectivity index (χ4v) is 6.92. The van der Waals surface area contributed by atoms with Gasteiger partial charge in [-0.2, -0.15) is 11.8 Å². The van der Waals surface area contributed by atoms with Crippen molar-refractivity contribution >= 4 is 35.2 Å². The second-order valence-corrected chi connectivity index (χ2v) is 13.7. The average molecular weight is 674 g/mol. The van der Waals surface area contributed by atoms with E-state index >= 15 is 0 Å². The van der Waals surface area contributed by atoms with E-state index in [0.717, 1.165) is 51.5 Å². The Hall–Kier alpha value is -3.52. The third kappa shape index (κ3) is 9.31. The Labute approximate surface area is 287 Å². The number of aryl methyl sites for hydroxylation is 1. The van der Waals surface area contributed by atoms with Gasteiger partial charge in [-0.25, -0.2) is 4.79 Å².